The van der Waals surface area contributed by atoms with E-state index in [0.29, 0.717) is 28.0 Å². The average Bonchev–Trinajstić information content (AvgIpc) is 2.76. The Labute approximate surface area is 171 Å². The van der Waals surface area contributed by atoms with E-state index in [9.17, 15) is 9.90 Å². The normalized spacial score (nSPS) is 11.1. The minimum Gasteiger partial charge on any atom is -0.507 e. The molecule has 0 saturated carbocycles. The lowest BCUT2D eigenvalue weighted by molar-refractivity contribution is 0.0733. The molecule has 0 bridgehead atoms. The highest BCUT2D eigenvalue weighted by Gasteiger charge is 2.14. The number of aryl methyl sites for hydroxylation is 2. The average molecular weight is 399 g/mol. The fourth-order valence-electron chi connectivity index (χ4n) is 2.97. The zero-order chi connectivity index (χ0) is 21.1. The molecule has 0 amide bonds. The highest BCUT2D eigenvalue weighted by molar-refractivity contribution is 6.00. The van der Waals surface area contributed by atoms with E-state index in [1.54, 1.807) is 50.4 Å². The van der Waals surface area contributed by atoms with Crippen molar-refractivity contribution in [2.45, 2.75) is 13.8 Å². The summed E-state index contributed by atoms with van der Waals surface area (Å²) < 4.78 is 5.32. The molecule has 30 heavy (non-hydrogen) atoms. The number of hydrogen-bond acceptors (Lipinski definition) is 8. The molecule has 4 aromatic rings. The van der Waals surface area contributed by atoms with Crippen molar-refractivity contribution in [2.75, 3.05) is 0 Å². The van der Waals surface area contributed by atoms with Crippen molar-refractivity contribution in [1.82, 2.24) is 15.0 Å². The molecule has 0 fully saturated rings. The van der Waals surface area contributed by atoms with E-state index in [4.69, 9.17) is 4.74 Å². The smallest absolute Gasteiger partial charge is 0.343 e. The van der Waals surface area contributed by atoms with E-state index in [1.165, 1.54) is 18.7 Å². The van der Waals surface area contributed by atoms with Crippen molar-refractivity contribution < 1.29 is 14.6 Å². The molecule has 2 aromatic heterocycles. The predicted molar refractivity (Wildman–Crippen MR) is 110 cm³/mol. The van der Waals surface area contributed by atoms with Crippen molar-refractivity contribution in [3.05, 3.63) is 78.0 Å². The summed E-state index contributed by atoms with van der Waals surface area (Å²) in [6.07, 6.45) is 5.79. The lowest BCUT2D eigenvalue weighted by Crippen LogP contribution is -2.09. The van der Waals surface area contributed by atoms with Gasteiger partial charge in [-0.05, 0) is 61.4 Å². The van der Waals surface area contributed by atoms with Gasteiger partial charge in [0.15, 0.2) is 5.75 Å². The first kappa shape index (κ1) is 19.1. The van der Waals surface area contributed by atoms with Crippen molar-refractivity contribution in [1.29, 1.82) is 0 Å². The van der Waals surface area contributed by atoms with Crippen LogP contribution >= 0.6 is 0 Å². The fraction of sp³-hybridized carbons (Fsp3) is 0.0909. The standard InChI is InChI=1S/C22H17N5O3/c1-13-6-16(7-14(2)21(13)28)26-27-20-9-15(8-19-18(20)4-3-5-25-19)22(29)30-17-10-23-12-24-11-17/h3-12,28H,1-2H3/b27-26+. The minimum atomic E-state index is -0.579. The molecule has 0 spiro atoms. The first-order chi connectivity index (χ1) is 14.5. The largest absolute Gasteiger partial charge is 0.507 e. The van der Waals surface area contributed by atoms with Gasteiger partial charge in [-0.1, -0.05) is 0 Å². The van der Waals surface area contributed by atoms with Crippen LogP contribution in [0.4, 0.5) is 11.4 Å². The maximum atomic E-state index is 12.6. The Morgan fingerprint density at radius 2 is 1.77 bits per heavy atom. The number of hydrogen-bond donors (Lipinski definition) is 1. The molecule has 0 aliphatic carbocycles. The van der Waals surface area contributed by atoms with Crippen molar-refractivity contribution >= 4 is 28.2 Å². The molecule has 0 atom stereocenters. The molecule has 8 nitrogen and oxygen atoms in total. The van der Waals surface area contributed by atoms with E-state index in [-0.39, 0.29) is 17.1 Å². The van der Waals surface area contributed by atoms with Gasteiger partial charge in [-0.25, -0.2) is 14.8 Å². The number of carbonyl (C=O) groups excluding carboxylic acids is 1. The highest BCUT2D eigenvalue weighted by Crippen LogP contribution is 2.31. The van der Waals surface area contributed by atoms with Crippen molar-refractivity contribution in [2.24, 2.45) is 10.2 Å². The molecule has 8 heteroatoms. The van der Waals surface area contributed by atoms with Crippen molar-refractivity contribution in [3.63, 3.8) is 0 Å². The Bertz CT molecular complexity index is 1250. The Morgan fingerprint density at radius 1 is 1.03 bits per heavy atom. The summed E-state index contributed by atoms with van der Waals surface area (Å²) >= 11 is 0. The number of pyridine rings is 1. The van der Waals surface area contributed by atoms with Gasteiger partial charge in [-0.15, -0.1) is 5.11 Å². The van der Waals surface area contributed by atoms with E-state index in [0.717, 1.165) is 5.39 Å². The van der Waals surface area contributed by atoms with E-state index < -0.39 is 5.97 Å². The molecule has 2 heterocycles. The number of phenolic OH excluding ortho intramolecular Hbond substituents is 1. The van der Waals surface area contributed by atoms with Gasteiger partial charge in [-0.3, -0.25) is 4.98 Å². The Morgan fingerprint density at radius 3 is 2.50 bits per heavy atom. The number of aromatic nitrogens is 3. The van der Waals surface area contributed by atoms with Crippen LogP contribution in [0, 0.1) is 13.8 Å². The number of benzene rings is 2. The van der Waals surface area contributed by atoms with Crippen LogP contribution in [0.2, 0.25) is 0 Å². The van der Waals surface area contributed by atoms with Gasteiger partial charge in [-0.2, -0.15) is 5.11 Å². The summed E-state index contributed by atoms with van der Waals surface area (Å²) in [7, 11) is 0. The van der Waals surface area contributed by atoms with Crippen molar-refractivity contribution in [3.8, 4) is 11.5 Å². The highest BCUT2D eigenvalue weighted by atomic mass is 16.5. The molecule has 2 aromatic carbocycles. The first-order valence-corrected chi connectivity index (χ1v) is 9.09. The van der Waals surface area contributed by atoms with Crippen LogP contribution in [0.5, 0.6) is 11.5 Å². The van der Waals surface area contributed by atoms with Gasteiger partial charge in [0.2, 0.25) is 0 Å². The quantitative estimate of drug-likeness (QED) is 0.383. The number of carbonyl (C=O) groups is 1. The summed E-state index contributed by atoms with van der Waals surface area (Å²) in [5, 5.41) is 19.3. The number of ether oxygens (including phenoxy) is 1. The van der Waals surface area contributed by atoms with Gasteiger partial charge in [0, 0.05) is 11.6 Å². The predicted octanol–water partition coefficient (Wildman–Crippen LogP) is 4.98. The third kappa shape index (κ3) is 3.97. The van der Waals surface area contributed by atoms with Crippen LogP contribution in [-0.4, -0.2) is 26.0 Å². The summed E-state index contributed by atoms with van der Waals surface area (Å²) in [4.78, 5) is 24.6. The number of rotatable bonds is 4. The molecule has 0 saturated heterocycles. The van der Waals surface area contributed by atoms with E-state index in [2.05, 4.69) is 25.2 Å². The van der Waals surface area contributed by atoms with Crippen LogP contribution in [0.3, 0.4) is 0 Å². The maximum absolute atomic E-state index is 12.6. The molecular formula is C22H17N5O3. The minimum absolute atomic E-state index is 0.234. The molecule has 148 valence electrons. The van der Waals surface area contributed by atoms with Crippen LogP contribution in [-0.2, 0) is 0 Å². The number of esters is 1. The van der Waals surface area contributed by atoms with Gasteiger partial charge in [0.1, 0.15) is 12.1 Å². The van der Waals surface area contributed by atoms with Gasteiger partial charge >= 0.3 is 5.97 Å². The second-order valence-electron chi connectivity index (χ2n) is 6.66. The Balaban J connectivity index is 1.73. The molecule has 1 N–H and O–H groups in total. The third-order valence-electron chi connectivity index (χ3n) is 4.43. The second-order valence-corrected chi connectivity index (χ2v) is 6.66. The number of phenols is 1. The first-order valence-electron chi connectivity index (χ1n) is 9.09. The molecule has 0 aliphatic heterocycles. The zero-order valence-corrected chi connectivity index (χ0v) is 16.3. The number of aromatic hydroxyl groups is 1. The summed E-state index contributed by atoms with van der Waals surface area (Å²) in [6.45, 7) is 3.59. The number of azo groups is 1. The van der Waals surface area contributed by atoms with E-state index >= 15 is 0 Å². The van der Waals surface area contributed by atoms with Crippen LogP contribution < -0.4 is 4.74 Å². The summed E-state index contributed by atoms with van der Waals surface area (Å²) in [5.41, 5.74) is 3.34. The Hall–Kier alpha value is -4.20. The Kier molecular flexibility index (Phi) is 5.13. The van der Waals surface area contributed by atoms with Gasteiger partial charge in [0.25, 0.3) is 0 Å². The summed E-state index contributed by atoms with van der Waals surface area (Å²) in [5.74, 6) is -0.106. The zero-order valence-electron chi connectivity index (χ0n) is 16.3. The van der Waals surface area contributed by atoms with Gasteiger partial charge in [0.05, 0.1) is 34.8 Å². The summed E-state index contributed by atoms with van der Waals surface area (Å²) in [6, 6.07) is 10.3. The second kappa shape index (κ2) is 8.04. The van der Waals surface area contributed by atoms with E-state index in [1.807, 2.05) is 6.07 Å². The van der Waals surface area contributed by atoms with Gasteiger partial charge < -0.3 is 9.84 Å². The molecule has 0 unspecified atom stereocenters. The SMILES string of the molecule is Cc1cc(/N=N/c2cc(C(=O)Oc3cncnc3)cc3ncccc23)cc(C)c1O. The molecule has 4 rings (SSSR count). The number of nitrogens with zero attached hydrogens (tertiary/aromatic N) is 5. The molecule has 0 aliphatic rings. The fourth-order valence-corrected chi connectivity index (χ4v) is 2.97. The van der Waals surface area contributed by atoms with Crippen LogP contribution in [0.15, 0.2) is 71.5 Å². The molecule has 0 radical (unpaired) electrons. The lowest BCUT2D eigenvalue weighted by Gasteiger charge is -2.07. The third-order valence-corrected chi connectivity index (χ3v) is 4.43. The number of fused-ring (bicyclic) bond motifs is 1. The maximum Gasteiger partial charge on any atom is 0.343 e. The van der Waals surface area contributed by atoms with Crippen LogP contribution in [0.25, 0.3) is 10.9 Å². The monoisotopic (exact) mass is 399 g/mol. The lowest BCUT2D eigenvalue weighted by atomic mass is 10.1. The van der Waals surface area contributed by atoms with Crippen LogP contribution in [0.1, 0.15) is 21.5 Å². The molecular weight excluding hydrogens is 382 g/mol. The topological polar surface area (TPSA) is 110 Å².